The standard InChI is InChI=1S/C39H41ClN6O4/c40-34-24-32(11-8-28(34)25-41)50-31-12-9-29(10-13-31)42-38(48)27-6-4-26(5-7-27)14-19-44-20-15-30(16-21-44)45-22-17-33-35(45)2-1-3-36(33)46-23-18-37(47)43-39(46)49/h1-8,11,17,22,24,29-31H,9-10,12-16,18-21,23H2,(H,42,48)(H,43,47,49). The predicted octanol–water partition coefficient (Wildman–Crippen LogP) is 6.61. The molecule has 1 aromatic heterocycles. The summed E-state index contributed by atoms with van der Waals surface area (Å²) in [7, 11) is 0. The number of aromatic nitrogens is 1. The first-order valence-corrected chi connectivity index (χ1v) is 17.9. The van der Waals surface area contributed by atoms with Gasteiger partial charge in [0.15, 0.2) is 0 Å². The number of urea groups is 1. The van der Waals surface area contributed by atoms with Crippen LogP contribution in [-0.2, 0) is 11.2 Å². The maximum atomic E-state index is 13.0. The fourth-order valence-corrected chi connectivity index (χ4v) is 7.71. The number of hydrogen-bond acceptors (Lipinski definition) is 6. The predicted molar refractivity (Wildman–Crippen MR) is 193 cm³/mol. The van der Waals surface area contributed by atoms with Gasteiger partial charge in [-0.2, -0.15) is 5.26 Å². The van der Waals surface area contributed by atoms with Gasteiger partial charge in [0.1, 0.15) is 11.8 Å². The maximum Gasteiger partial charge on any atom is 0.328 e. The largest absolute Gasteiger partial charge is 0.490 e. The lowest BCUT2D eigenvalue weighted by Gasteiger charge is -2.33. The third-order valence-corrected chi connectivity index (χ3v) is 10.7. The Labute approximate surface area is 296 Å². The molecule has 50 heavy (non-hydrogen) atoms. The molecule has 1 aliphatic carbocycles. The van der Waals surface area contributed by atoms with E-state index >= 15 is 0 Å². The van der Waals surface area contributed by atoms with E-state index in [1.165, 1.54) is 5.56 Å². The van der Waals surface area contributed by atoms with Crippen LogP contribution in [0.3, 0.4) is 0 Å². The minimum absolute atomic E-state index is 0.0409. The quantitative estimate of drug-likeness (QED) is 0.204. The Balaban J connectivity index is 0.850. The number of anilines is 1. The highest BCUT2D eigenvalue weighted by Gasteiger charge is 2.28. The molecule has 2 saturated heterocycles. The number of rotatable bonds is 9. The molecule has 4 aromatic rings. The molecule has 0 spiro atoms. The number of imide groups is 1. The summed E-state index contributed by atoms with van der Waals surface area (Å²) in [6.45, 7) is 3.38. The van der Waals surface area contributed by atoms with Gasteiger partial charge in [0.25, 0.3) is 5.91 Å². The number of hydrogen-bond donors (Lipinski definition) is 2. The number of carbonyl (C=O) groups excluding carboxylic acids is 3. The van der Waals surface area contributed by atoms with Crippen LogP contribution < -0.4 is 20.3 Å². The summed E-state index contributed by atoms with van der Waals surface area (Å²) >= 11 is 6.14. The lowest BCUT2D eigenvalue weighted by molar-refractivity contribution is -0.120. The van der Waals surface area contributed by atoms with Gasteiger partial charge >= 0.3 is 6.03 Å². The topological polar surface area (TPSA) is 120 Å². The second kappa shape index (κ2) is 15.0. The molecule has 258 valence electrons. The summed E-state index contributed by atoms with van der Waals surface area (Å²) in [6, 6.07) is 23.5. The SMILES string of the molecule is N#Cc1ccc(OC2CCC(NC(=O)c3ccc(CCN4CCC(n5ccc6c(N7CCC(=O)NC7=O)cccc65)CC4)cc3)CC2)cc1Cl. The molecule has 3 aliphatic rings. The van der Waals surface area contributed by atoms with Crippen LogP contribution in [0, 0.1) is 11.3 Å². The van der Waals surface area contributed by atoms with Crippen LogP contribution in [0.2, 0.25) is 5.02 Å². The summed E-state index contributed by atoms with van der Waals surface area (Å²) in [5, 5.41) is 16.1. The van der Waals surface area contributed by atoms with E-state index in [0.29, 0.717) is 40.9 Å². The van der Waals surface area contributed by atoms with Gasteiger partial charge < -0.3 is 19.5 Å². The van der Waals surface area contributed by atoms with Crippen molar-refractivity contribution in [3.63, 3.8) is 0 Å². The Kier molecular flexibility index (Phi) is 10.1. The molecule has 4 amide bonds. The number of nitrogens with zero attached hydrogens (tertiary/aromatic N) is 4. The number of nitriles is 1. The van der Waals surface area contributed by atoms with Crippen molar-refractivity contribution >= 4 is 46.0 Å². The van der Waals surface area contributed by atoms with E-state index in [1.54, 1.807) is 23.1 Å². The molecule has 3 heterocycles. The van der Waals surface area contributed by atoms with Crippen molar-refractivity contribution in [1.82, 2.24) is 20.1 Å². The first-order chi connectivity index (χ1) is 24.3. The normalized spacial score (nSPS) is 20.4. The fraction of sp³-hybridized carbons (Fsp3) is 0.385. The van der Waals surface area contributed by atoms with Gasteiger partial charge in [-0.15, -0.1) is 0 Å². The number of amides is 4. The van der Waals surface area contributed by atoms with Crippen LogP contribution in [-0.4, -0.2) is 65.6 Å². The van der Waals surface area contributed by atoms with E-state index in [0.717, 1.165) is 81.2 Å². The number of carbonyl (C=O) groups is 3. The zero-order valence-corrected chi connectivity index (χ0v) is 28.7. The summed E-state index contributed by atoms with van der Waals surface area (Å²) in [4.78, 5) is 41.3. The average molecular weight is 693 g/mol. The minimum Gasteiger partial charge on any atom is -0.490 e. The molecular weight excluding hydrogens is 652 g/mol. The molecule has 0 atom stereocenters. The summed E-state index contributed by atoms with van der Waals surface area (Å²) in [5.41, 5.74) is 4.28. The highest BCUT2D eigenvalue weighted by Crippen LogP contribution is 2.34. The molecule has 7 rings (SSSR count). The van der Waals surface area contributed by atoms with Gasteiger partial charge in [-0.3, -0.25) is 19.8 Å². The molecule has 0 unspecified atom stereocenters. The molecule has 0 bridgehead atoms. The van der Waals surface area contributed by atoms with E-state index in [1.807, 2.05) is 24.3 Å². The number of likely N-dealkylation sites (tertiary alicyclic amines) is 1. The molecule has 10 nitrogen and oxygen atoms in total. The van der Waals surface area contributed by atoms with E-state index in [4.69, 9.17) is 21.6 Å². The zero-order chi connectivity index (χ0) is 34.6. The highest BCUT2D eigenvalue weighted by atomic mass is 35.5. The average Bonchev–Trinajstić information content (AvgIpc) is 3.57. The third kappa shape index (κ3) is 7.49. The highest BCUT2D eigenvalue weighted by molar-refractivity contribution is 6.31. The molecule has 2 N–H and O–H groups in total. The van der Waals surface area contributed by atoms with Crippen LogP contribution >= 0.6 is 11.6 Å². The van der Waals surface area contributed by atoms with Gasteiger partial charge in [0.2, 0.25) is 5.91 Å². The van der Waals surface area contributed by atoms with Gasteiger partial charge in [-0.05, 0) is 93.0 Å². The van der Waals surface area contributed by atoms with Gasteiger partial charge in [-0.1, -0.05) is 29.8 Å². The van der Waals surface area contributed by atoms with Crippen molar-refractivity contribution in [2.75, 3.05) is 31.1 Å². The summed E-state index contributed by atoms with van der Waals surface area (Å²) < 4.78 is 8.44. The summed E-state index contributed by atoms with van der Waals surface area (Å²) in [6.07, 6.45) is 8.88. The molecular formula is C39H41ClN6O4. The number of nitrogens with one attached hydrogen (secondary N) is 2. The Morgan fingerprint density at radius 1 is 0.960 bits per heavy atom. The lowest BCUT2D eigenvalue weighted by Crippen LogP contribution is -2.49. The van der Waals surface area contributed by atoms with Crippen LogP contribution in [0.15, 0.2) is 72.9 Å². The molecule has 3 fully saturated rings. The first kappa shape index (κ1) is 33.6. The Hall–Kier alpha value is -4.85. The van der Waals surface area contributed by atoms with Crippen LogP contribution in [0.1, 0.15) is 72.5 Å². The third-order valence-electron chi connectivity index (χ3n) is 10.3. The molecule has 0 radical (unpaired) electrons. The van der Waals surface area contributed by atoms with Crippen molar-refractivity contribution in [2.24, 2.45) is 0 Å². The second-order valence-electron chi connectivity index (χ2n) is 13.5. The second-order valence-corrected chi connectivity index (χ2v) is 13.9. The van der Waals surface area contributed by atoms with Crippen molar-refractivity contribution in [2.45, 2.75) is 69.6 Å². The molecule has 1 saturated carbocycles. The number of fused-ring (bicyclic) bond motifs is 1. The Morgan fingerprint density at radius 2 is 1.74 bits per heavy atom. The Bertz CT molecular complexity index is 1920. The van der Waals surface area contributed by atoms with Crippen molar-refractivity contribution < 1.29 is 19.1 Å². The van der Waals surface area contributed by atoms with Crippen molar-refractivity contribution in [1.29, 1.82) is 5.26 Å². The number of piperidine rings is 1. The Morgan fingerprint density at radius 3 is 2.46 bits per heavy atom. The number of halogens is 1. The van der Waals surface area contributed by atoms with Gasteiger partial charge in [-0.25, -0.2) is 4.79 Å². The molecule has 2 aliphatic heterocycles. The van der Waals surface area contributed by atoms with Gasteiger partial charge in [0.05, 0.1) is 27.9 Å². The van der Waals surface area contributed by atoms with Crippen molar-refractivity contribution in [3.8, 4) is 11.8 Å². The van der Waals surface area contributed by atoms with Crippen LogP contribution in [0.25, 0.3) is 10.9 Å². The summed E-state index contributed by atoms with van der Waals surface area (Å²) in [5.74, 6) is 0.397. The number of benzene rings is 3. The number of ether oxygens (including phenoxy) is 1. The minimum atomic E-state index is -0.359. The molecule has 3 aromatic carbocycles. The van der Waals surface area contributed by atoms with Crippen LogP contribution in [0.5, 0.6) is 5.75 Å². The van der Waals surface area contributed by atoms with E-state index in [2.05, 4.69) is 56.6 Å². The smallest absolute Gasteiger partial charge is 0.328 e. The fourth-order valence-electron chi connectivity index (χ4n) is 7.50. The first-order valence-electron chi connectivity index (χ1n) is 17.5. The lowest BCUT2D eigenvalue weighted by atomic mass is 9.92. The zero-order valence-electron chi connectivity index (χ0n) is 27.9. The maximum absolute atomic E-state index is 13.0. The van der Waals surface area contributed by atoms with Gasteiger partial charge in [0, 0.05) is 67.9 Å². The molecule has 11 heteroatoms. The monoisotopic (exact) mass is 692 g/mol. The van der Waals surface area contributed by atoms with Crippen molar-refractivity contribution in [3.05, 3.63) is 94.6 Å². The van der Waals surface area contributed by atoms with E-state index < -0.39 is 0 Å². The van der Waals surface area contributed by atoms with Crippen LogP contribution in [0.4, 0.5) is 10.5 Å². The van der Waals surface area contributed by atoms with E-state index in [-0.39, 0.29) is 30.0 Å². The van der Waals surface area contributed by atoms with E-state index in [9.17, 15) is 14.4 Å².